The Balaban J connectivity index is 0.00000104. The zero-order valence-corrected chi connectivity index (χ0v) is 18.2. The molecule has 0 saturated carbocycles. The number of benzene rings is 2. The van der Waals surface area contributed by atoms with Crippen LogP contribution in [0.2, 0.25) is 9.26 Å². The van der Waals surface area contributed by atoms with Crippen LogP contribution >= 0.6 is 0 Å². The van der Waals surface area contributed by atoms with Crippen LogP contribution in [0.3, 0.4) is 0 Å². The van der Waals surface area contributed by atoms with Crippen molar-refractivity contribution in [1.82, 2.24) is 0 Å². The molecule has 2 unspecified atom stereocenters. The number of rotatable bonds is 2. The van der Waals surface area contributed by atoms with Gasteiger partial charge in [0.15, 0.2) is 0 Å². The molecular formula is C21H22Cl2Zr-2. The Labute approximate surface area is 162 Å². The number of hydrogen-bond acceptors (Lipinski definition) is 0. The Kier molecular flexibility index (Phi) is 6.01. The summed E-state index contributed by atoms with van der Waals surface area (Å²) < 4.78 is 6.66. The molecule has 0 nitrogen and oxygen atoms in total. The van der Waals surface area contributed by atoms with Crippen LogP contribution in [0, 0.1) is 0 Å². The SMILES string of the molecule is CC1=Cc2ccccc2[CH]1[Zr]([CH3])([CH3])[CH]1C=Cc2ccccc21.[Cl-].[Cl-]. The normalized spacial score (nSPS) is 20.5. The maximum atomic E-state index is 2.63. The molecule has 0 spiro atoms. The second-order valence-corrected chi connectivity index (χ2v) is 19.1. The Morgan fingerprint density at radius 2 is 1.38 bits per heavy atom. The Bertz CT molecular complexity index is 805. The molecule has 2 atom stereocenters. The fourth-order valence-corrected chi connectivity index (χ4v) is 15.2. The van der Waals surface area contributed by atoms with Gasteiger partial charge in [-0.25, -0.2) is 0 Å². The van der Waals surface area contributed by atoms with Crippen LogP contribution in [0.4, 0.5) is 0 Å². The molecule has 4 rings (SSSR count). The molecule has 0 fully saturated rings. The minimum atomic E-state index is -2.44. The third-order valence-corrected chi connectivity index (χ3v) is 16.2. The average molecular weight is 437 g/mol. The van der Waals surface area contributed by atoms with Crippen molar-refractivity contribution in [2.45, 2.75) is 23.4 Å². The van der Waals surface area contributed by atoms with E-state index in [4.69, 9.17) is 0 Å². The zero-order chi connectivity index (χ0) is 15.3. The van der Waals surface area contributed by atoms with Gasteiger partial charge in [0.25, 0.3) is 0 Å². The van der Waals surface area contributed by atoms with Crippen molar-refractivity contribution in [1.29, 1.82) is 0 Å². The van der Waals surface area contributed by atoms with Crippen molar-refractivity contribution in [2.24, 2.45) is 0 Å². The predicted octanol–water partition coefficient (Wildman–Crippen LogP) is 0.171. The van der Waals surface area contributed by atoms with E-state index in [2.05, 4.69) is 82.9 Å². The number of hydrogen-bond donors (Lipinski definition) is 0. The van der Waals surface area contributed by atoms with Crippen molar-refractivity contribution in [3.05, 3.63) is 82.4 Å². The van der Waals surface area contributed by atoms with E-state index in [0.29, 0.717) is 7.25 Å². The fourth-order valence-electron chi connectivity index (χ4n) is 4.54. The average Bonchev–Trinajstić information content (AvgIpc) is 3.07. The predicted molar refractivity (Wildman–Crippen MR) is 92.8 cm³/mol. The molecule has 2 aliphatic rings. The Morgan fingerprint density at radius 3 is 2.08 bits per heavy atom. The topological polar surface area (TPSA) is 0 Å². The molecule has 0 saturated heterocycles. The molecule has 24 heavy (non-hydrogen) atoms. The summed E-state index contributed by atoms with van der Waals surface area (Å²) >= 11 is -2.44. The summed E-state index contributed by atoms with van der Waals surface area (Å²) in [7, 11) is 0. The molecule has 3 heteroatoms. The number of halogens is 2. The van der Waals surface area contributed by atoms with Crippen molar-refractivity contribution >= 4 is 12.2 Å². The van der Waals surface area contributed by atoms with Crippen molar-refractivity contribution in [2.75, 3.05) is 0 Å². The maximum Gasteiger partial charge on any atom is -1.00 e. The van der Waals surface area contributed by atoms with Gasteiger partial charge in [-0.2, -0.15) is 0 Å². The van der Waals surface area contributed by atoms with Gasteiger partial charge in [-0.15, -0.1) is 0 Å². The minimum Gasteiger partial charge on any atom is -1.00 e. The van der Waals surface area contributed by atoms with E-state index in [0.717, 1.165) is 0 Å². The van der Waals surface area contributed by atoms with Gasteiger partial charge in [0.2, 0.25) is 0 Å². The van der Waals surface area contributed by atoms with Gasteiger partial charge in [-0.05, 0) is 0 Å². The van der Waals surface area contributed by atoms with Gasteiger partial charge in [-0.1, -0.05) is 0 Å². The first-order valence-corrected chi connectivity index (χ1v) is 15.9. The third-order valence-electron chi connectivity index (χ3n) is 5.49. The molecule has 0 amide bonds. The van der Waals surface area contributed by atoms with Gasteiger partial charge in [0, 0.05) is 0 Å². The first kappa shape index (κ1) is 19.7. The summed E-state index contributed by atoms with van der Waals surface area (Å²) in [6, 6.07) is 18.0. The van der Waals surface area contributed by atoms with Crippen molar-refractivity contribution < 1.29 is 45.1 Å². The maximum absolute atomic E-state index is 2.63. The second-order valence-electron chi connectivity index (χ2n) is 7.24. The minimum absolute atomic E-state index is 0. The van der Waals surface area contributed by atoms with Crippen LogP contribution in [0.15, 0.2) is 60.2 Å². The molecule has 126 valence electrons. The summed E-state index contributed by atoms with van der Waals surface area (Å²) in [6.45, 7) is 2.34. The van der Waals surface area contributed by atoms with Crippen molar-refractivity contribution in [3.8, 4) is 0 Å². The monoisotopic (exact) mass is 434 g/mol. The van der Waals surface area contributed by atoms with E-state index < -0.39 is 20.3 Å². The molecule has 0 aromatic heterocycles. The van der Waals surface area contributed by atoms with Crippen molar-refractivity contribution in [3.63, 3.8) is 0 Å². The molecule has 0 radical (unpaired) electrons. The molecule has 0 heterocycles. The molecule has 2 aliphatic carbocycles. The summed E-state index contributed by atoms with van der Waals surface area (Å²) in [6.07, 6.45) is 7.26. The van der Waals surface area contributed by atoms with Crippen LogP contribution in [0.5, 0.6) is 0 Å². The summed E-state index contributed by atoms with van der Waals surface area (Å²) in [5.41, 5.74) is 7.62. The number of allylic oxidation sites excluding steroid dienone is 2. The first-order chi connectivity index (χ1) is 10.6. The van der Waals surface area contributed by atoms with E-state index in [1.807, 2.05) is 0 Å². The van der Waals surface area contributed by atoms with Crippen LogP contribution in [0.25, 0.3) is 12.2 Å². The molecular weight excluding hydrogens is 414 g/mol. The smallest absolute Gasteiger partial charge is 1.00 e. The quantitative estimate of drug-likeness (QED) is 0.630. The van der Waals surface area contributed by atoms with Gasteiger partial charge in [-0.3, -0.25) is 0 Å². The van der Waals surface area contributed by atoms with Gasteiger partial charge in [0.05, 0.1) is 0 Å². The van der Waals surface area contributed by atoms with Gasteiger partial charge >= 0.3 is 138 Å². The van der Waals surface area contributed by atoms with E-state index in [1.54, 1.807) is 16.7 Å². The Hall–Kier alpha value is -0.617. The van der Waals surface area contributed by atoms with E-state index in [9.17, 15) is 0 Å². The zero-order valence-electron chi connectivity index (χ0n) is 14.3. The third kappa shape index (κ3) is 3.00. The molecule has 0 aliphatic heterocycles. The molecule has 2 aromatic rings. The fraction of sp³-hybridized carbons (Fsp3) is 0.238. The number of fused-ring (bicyclic) bond motifs is 2. The van der Waals surface area contributed by atoms with E-state index >= 15 is 0 Å². The summed E-state index contributed by atoms with van der Waals surface area (Å²) in [5.74, 6) is 0. The van der Waals surface area contributed by atoms with Gasteiger partial charge < -0.3 is 24.8 Å². The molecule has 2 aromatic carbocycles. The largest absolute Gasteiger partial charge is 1.00 e. The van der Waals surface area contributed by atoms with Crippen LogP contribution in [-0.4, -0.2) is 0 Å². The molecule has 0 bridgehead atoms. The van der Waals surface area contributed by atoms with Crippen LogP contribution in [-0.2, 0) is 20.3 Å². The molecule has 0 N–H and O–H groups in total. The standard InChI is InChI=1S/C10H9.C9H7.2CH3.2ClH.Zr/c1-8-6-9-4-2-3-5-10(9)7-8;1-2-5-9-7-3-6-8(9)4-1;;;;;/h2-7H,1H3;1-7H;2*1H3;2*1H;/p-2. The van der Waals surface area contributed by atoms with E-state index in [-0.39, 0.29) is 24.8 Å². The van der Waals surface area contributed by atoms with Gasteiger partial charge in [0.1, 0.15) is 0 Å². The Morgan fingerprint density at radius 1 is 0.792 bits per heavy atom. The first-order valence-electron chi connectivity index (χ1n) is 8.13. The summed E-state index contributed by atoms with van der Waals surface area (Å²) in [4.78, 5) is 0. The van der Waals surface area contributed by atoms with Crippen LogP contribution in [0.1, 0.15) is 36.4 Å². The second kappa shape index (κ2) is 7.32. The van der Waals surface area contributed by atoms with Crippen LogP contribution < -0.4 is 24.8 Å². The summed E-state index contributed by atoms with van der Waals surface area (Å²) in [5, 5.41) is 0. The van der Waals surface area contributed by atoms with E-state index in [1.165, 1.54) is 11.1 Å².